The Hall–Kier alpha value is -3.16. The van der Waals surface area contributed by atoms with Crippen LogP contribution in [-0.4, -0.2) is 15.7 Å². The monoisotopic (exact) mass is 349 g/mol. The summed E-state index contributed by atoms with van der Waals surface area (Å²) in [6.45, 7) is 0. The molecule has 2 aromatic carbocycles. The maximum atomic E-state index is 13.4. The largest absolute Gasteiger partial charge is 0.416 e. The van der Waals surface area contributed by atoms with Crippen LogP contribution in [0.25, 0.3) is 5.69 Å². The first kappa shape index (κ1) is 16.7. The van der Waals surface area contributed by atoms with Gasteiger partial charge in [-0.15, -0.1) is 0 Å². The molecule has 0 unspecified atom stereocenters. The van der Waals surface area contributed by atoms with Gasteiger partial charge in [0.2, 0.25) is 0 Å². The van der Waals surface area contributed by atoms with Crippen LogP contribution in [0, 0.1) is 5.82 Å². The second-order valence-electron chi connectivity index (χ2n) is 5.14. The molecule has 0 atom stereocenters. The van der Waals surface area contributed by atoms with E-state index in [1.807, 2.05) is 0 Å². The highest BCUT2D eigenvalue weighted by atomic mass is 19.4. The molecular weight excluding hydrogens is 338 g/mol. The summed E-state index contributed by atoms with van der Waals surface area (Å²) in [4.78, 5) is 12.2. The van der Waals surface area contributed by atoms with Crippen molar-refractivity contribution in [1.82, 2.24) is 9.78 Å². The SMILES string of the molecule is O=C(Nc1ccnn1-c1ccccc1)c1cc(F)cc(C(F)(F)F)c1. The number of halogens is 4. The van der Waals surface area contributed by atoms with Gasteiger partial charge in [0.25, 0.3) is 5.91 Å². The molecule has 0 bridgehead atoms. The van der Waals surface area contributed by atoms with Crippen LogP contribution in [0.3, 0.4) is 0 Å². The van der Waals surface area contributed by atoms with Gasteiger partial charge in [-0.2, -0.15) is 18.3 Å². The summed E-state index contributed by atoms with van der Waals surface area (Å²) in [7, 11) is 0. The van der Waals surface area contributed by atoms with Crippen molar-refractivity contribution in [2.45, 2.75) is 6.18 Å². The number of nitrogens with zero attached hydrogens (tertiary/aromatic N) is 2. The summed E-state index contributed by atoms with van der Waals surface area (Å²) in [5.74, 6) is -1.77. The van der Waals surface area contributed by atoms with Gasteiger partial charge in [0.15, 0.2) is 0 Å². The molecule has 25 heavy (non-hydrogen) atoms. The van der Waals surface area contributed by atoms with Crippen molar-refractivity contribution in [1.29, 1.82) is 0 Å². The Morgan fingerprint density at radius 1 is 1.04 bits per heavy atom. The number of nitrogens with one attached hydrogen (secondary N) is 1. The van der Waals surface area contributed by atoms with Crippen molar-refractivity contribution in [3.8, 4) is 5.69 Å². The van der Waals surface area contributed by atoms with Crippen LogP contribution in [0.1, 0.15) is 15.9 Å². The lowest BCUT2D eigenvalue weighted by molar-refractivity contribution is -0.137. The van der Waals surface area contributed by atoms with Gasteiger partial charge < -0.3 is 5.32 Å². The highest BCUT2D eigenvalue weighted by Crippen LogP contribution is 2.30. The molecule has 3 rings (SSSR count). The van der Waals surface area contributed by atoms with Crippen molar-refractivity contribution in [3.05, 3.63) is 77.7 Å². The zero-order valence-corrected chi connectivity index (χ0v) is 12.6. The molecule has 0 aliphatic rings. The maximum Gasteiger partial charge on any atom is 0.416 e. The van der Waals surface area contributed by atoms with Crippen molar-refractivity contribution >= 4 is 11.7 Å². The summed E-state index contributed by atoms with van der Waals surface area (Å²) < 4.78 is 53.1. The minimum atomic E-state index is -4.75. The fourth-order valence-corrected chi connectivity index (χ4v) is 2.25. The predicted molar refractivity (Wildman–Crippen MR) is 82.9 cm³/mol. The smallest absolute Gasteiger partial charge is 0.306 e. The molecule has 0 aliphatic carbocycles. The van der Waals surface area contributed by atoms with Gasteiger partial charge in [-0.1, -0.05) is 18.2 Å². The first-order valence-corrected chi connectivity index (χ1v) is 7.13. The zero-order chi connectivity index (χ0) is 18.0. The summed E-state index contributed by atoms with van der Waals surface area (Å²) >= 11 is 0. The number of benzene rings is 2. The lowest BCUT2D eigenvalue weighted by Gasteiger charge is -2.11. The van der Waals surface area contributed by atoms with Gasteiger partial charge in [-0.3, -0.25) is 4.79 Å². The number of hydrogen-bond donors (Lipinski definition) is 1. The van der Waals surface area contributed by atoms with E-state index in [9.17, 15) is 22.4 Å². The Kier molecular flexibility index (Phi) is 4.26. The molecule has 128 valence electrons. The molecule has 0 aliphatic heterocycles. The fourth-order valence-electron chi connectivity index (χ4n) is 2.25. The Morgan fingerprint density at radius 2 is 1.76 bits per heavy atom. The molecule has 0 radical (unpaired) electrons. The van der Waals surface area contributed by atoms with Crippen molar-refractivity contribution in [3.63, 3.8) is 0 Å². The van der Waals surface area contributed by atoms with Gasteiger partial charge in [0.1, 0.15) is 11.6 Å². The lowest BCUT2D eigenvalue weighted by Crippen LogP contribution is -2.17. The normalized spacial score (nSPS) is 11.4. The highest BCUT2D eigenvalue weighted by molar-refractivity contribution is 6.04. The van der Waals surface area contributed by atoms with Crippen molar-refractivity contribution in [2.75, 3.05) is 5.32 Å². The first-order chi connectivity index (χ1) is 11.8. The topological polar surface area (TPSA) is 46.9 Å². The van der Waals surface area contributed by atoms with E-state index < -0.39 is 29.0 Å². The molecule has 1 N–H and O–H groups in total. The standard InChI is InChI=1S/C17H11F4N3O/c18-13-9-11(8-12(10-13)17(19,20)21)16(25)23-15-6-7-22-24(15)14-4-2-1-3-5-14/h1-10H,(H,23,25). The Bertz CT molecular complexity index is 904. The minimum absolute atomic E-state index is 0.244. The zero-order valence-electron chi connectivity index (χ0n) is 12.6. The second kappa shape index (κ2) is 6.39. The van der Waals surface area contributed by atoms with E-state index in [1.54, 1.807) is 30.3 Å². The number of amides is 1. The summed E-state index contributed by atoms with van der Waals surface area (Å²) in [5.41, 5.74) is -1.01. The third-order valence-electron chi connectivity index (χ3n) is 3.37. The van der Waals surface area contributed by atoms with Gasteiger partial charge in [-0.05, 0) is 30.3 Å². The molecule has 4 nitrogen and oxygen atoms in total. The Balaban J connectivity index is 1.90. The molecule has 3 aromatic rings. The van der Waals surface area contributed by atoms with Crippen molar-refractivity contribution in [2.24, 2.45) is 0 Å². The number of para-hydroxylation sites is 1. The van der Waals surface area contributed by atoms with Crippen LogP contribution in [0.5, 0.6) is 0 Å². The molecule has 1 aromatic heterocycles. The molecule has 1 amide bonds. The number of carbonyl (C=O) groups is 1. The summed E-state index contributed by atoms with van der Waals surface area (Å²) in [6.07, 6.45) is -3.32. The Morgan fingerprint density at radius 3 is 2.44 bits per heavy atom. The molecule has 0 fully saturated rings. The van der Waals surface area contributed by atoms with Crippen LogP contribution >= 0.6 is 0 Å². The van der Waals surface area contributed by atoms with Crippen LogP contribution in [0.2, 0.25) is 0 Å². The van der Waals surface area contributed by atoms with E-state index in [0.717, 1.165) is 6.07 Å². The van der Waals surface area contributed by atoms with E-state index in [-0.39, 0.29) is 5.82 Å². The van der Waals surface area contributed by atoms with E-state index in [2.05, 4.69) is 10.4 Å². The molecular formula is C17H11F4N3O. The fraction of sp³-hybridized carbons (Fsp3) is 0.0588. The van der Waals surface area contributed by atoms with Gasteiger partial charge in [0, 0.05) is 11.6 Å². The highest BCUT2D eigenvalue weighted by Gasteiger charge is 2.32. The summed E-state index contributed by atoms with van der Waals surface area (Å²) in [6, 6.07) is 12.0. The van der Waals surface area contributed by atoms with E-state index in [1.165, 1.54) is 16.9 Å². The maximum absolute atomic E-state index is 13.4. The average molecular weight is 349 g/mol. The number of aromatic nitrogens is 2. The third-order valence-corrected chi connectivity index (χ3v) is 3.37. The number of anilines is 1. The number of rotatable bonds is 3. The third kappa shape index (κ3) is 3.68. The number of hydrogen-bond acceptors (Lipinski definition) is 2. The van der Waals surface area contributed by atoms with Crippen LogP contribution in [0.15, 0.2) is 60.8 Å². The minimum Gasteiger partial charge on any atom is -0.306 e. The Labute approximate surface area is 139 Å². The molecule has 1 heterocycles. The average Bonchev–Trinajstić information content (AvgIpc) is 3.02. The van der Waals surface area contributed by atoms with Crippen LogP contribution < -0.4 is 5.32 Å². The van der Waals surface area contributed by atoms with Crippen molar-refractivity contribution < 1.29 is 22.4 Å². The second-order valence-corrected chi connectivity index (χ2v) is 5.14. The predicted octanol–water partition coefficient (Wildman–Crippen LogP) is 4.28. The van der Waals surface area contributed by atoms with E-state index in [0.29, 0.717) is 17.8 Å². The quantitative estimate of drug-likeness (QED) is 0.718. The summed E-state index contributed by atoms with van der Waals surface area (Å²) in [5, 5.41) is 6.49. The van der Waals surface area contributed by atoms with E-state index >= 15 is 0 Å². The van der Waals surface area contributed by atoms with Gasteiger partial charge in [0.05, 0.1) is 17.4 Å². The van der Waals surface area contributed by atoms with Crippen LogP contribution in [0.4, 0.5) is 23.4 Å². The lowest BCUT2D eigenvalue weighted by atomic mass is 10.1. The number of alkyl halides is 3. The molecule has 0 saturated heterocycles. The molecule has 0 saturated carbocycles. The first-order valence-electron chi connectivity index (χ1n) is 7.13. The molecule has 0 spiro atoms. The molecule has 8 heteroatoms. The van der Waals surface area contributed by atoms with Crippen LogP contribution in [-0.2, 0) is 6.18 Å². The number of carbonyl (C=O) groups excluding carboxylic acids is 1. The van der Waals surface area contributed by atoms with Gasteiger partial charge in [-0.25, -0.2) is 9.07 Å². The van der Waals surface area contributed by atoms with Gasteiger partial charge >= 0.3 is 6.18 Å². The van der Waals surface area contributed by atoms with E-state index in [4.69, 9.17) is 0 Å².